The lowest BCUT2D eigenvalue weighted by atomic mass is 9.89. The summed E-state index contributed by atoms with van der Waals surface area (Å²) in [5, 5.41) is 13.0. The Labute approximate surface area is 205 Å². The second kappa shape index (κ2) is 10.7. The highest BCUT2D eigenvalue weighted by molar-refractivity contribution is 5.74. The second-order valence-corrected chi connectivity index (χ2v) is 8.33. The zero-order valence-corrected chi connectivity index (χ0v) is 19.4. The number of nitrogens with zero attached hydrogens (tertiary/aromatic N) is 3. The molecule has 4 rings (SSSR count). The molecule has 0 bridgehead atoms. The molecule has 2 aromatic carbocycles. The summed E-state index contributed by atoms with van der Waals surface area (Å²) in [6.07, 6.45) is -4.21. The highest BCUT2D eigenvalue weighted by Gasteiger charge is 2.39. The van der Waals surface area contributed by atoms with Crippen molar-refractivity contribution in [2.45, 2.75) is 18.7 Å². The Morgan fingerprint density at radius 1 is 1.11 bits per heavy atom. The molecule has 0 radical (unpaired) electrons. The van der Waals surface area contributed by atoms with Crippen molar-refractivity contribution in [3.05, 3.63) is 71.8 Å². The molecule has 1 aliphatic heterocycles. The fraction of sp³-hybridized carbons (Fsp3) is 0.320. The predicted octanol–water partition coefficient (Wildman–Crippen LogP) is 4.34. The number of methoxy groups -OCH3 is 1. The van der Waals surface area contributed by atoms with Crippen LogP contribution in [0.3, 0.4) is 0 Å². The van der Waals surface area contributed by atoms with E-state index in [0.29, 0.717) is 37.7 Å². The largest absolute Gasteiger partial charge is 0.573 e. The van der Waals surface area contributed by atoms with Crippen LogP contribution in [0.5, 0.6) is 11.8 Å². The van der Waals surface area contributed by atoms with Gasteiger partial charge in [0.2, 0.25) is 0 Å². The molecule has 1 aromatic heterocycles. The third-order valence-corrected chi connectivity index (χ3v) is 5.94. The molecule has 2 atom stereocenters. The van der Waals surface area contributed by atoms with Gasteiger partial charge >= 0.3 is 18.3 Å². The summed E-state index contributed by atoms with van der Waals surface area (Å²) in [6, 6.07) is 17.1. The quantitative estimate of drug-likeness (QED) is 0.446. The van der Waals surface area contributed by atoms with Crippen molar-refractivity contribution in [2.75, 3.05) is 37.0 Å². The van der Waals surface area contributed by atoms with E-state index in [4.69, 9.17) is 4.74 Å². The first-order valence-corrected chi connectivity index (χ1v) is 11.3. The van der Waals surface area contributed by atoms with Crippen LogP contribution in [0.2, 0.25) is 0 Å². The Bertz CT molecular complexity index is 1180. The van der Waals surface area contributed by atoms with Gasteiger partial charge in [-0.15, -0.1) is 13.2 Å². The number of halogens is 3. The summed E-state index contributed by atoms with van der Waals surface area (Å²) >= 11 is 0. The fourth-order valence-electron chi connectivity index (χ4n) is 4.23. The predicted molar refractivity (Wildman–Crippen MR) is 126 cm³/mol. The number of anilines is 2. The summed E-state index contributed by atoms with van der Waals surface area (Å²) in [6.45, 7) is 1.22. The van der Waals surface area contributed by atoms with E-state index in [1.54, 1.807) is 18.2 Å². The Kier molecular flexibility index (Phi) is 7.47. The molecule has 2 unspecified atom stereocenters. The molecule has 1 saturated heterocycles. The molecule has 0 aliphatic carbocycles. The van der Waals surface area contributed by atoms with E-state index >= 15 is 0 Å². The Balaban J connectivity index is 1.43. The van der Waals surface area contributed by atoms with Crippen LogP contribution >= 0.6 is 0 Å². The number of aromatic nitrogens is 2. The van der Waals surface area contributed by atoms with Crippen LogP contribution in [0.25, 0.3) is 0 Å². The van der Waals surface area contributed by atoms with Crippen molar-refractivity contribution < 1.29 is 32.5 Å². The number of aliphatic carboxylic acids is 1. The van der Waals surface area contributed by atoms with Gasteiger partial charge in [0.25, 0.3) is 0 Å². The second-order valence-electron chi connectivity index (χ2n) is 8.33. The topological polar surface area (TPSA) is 96.8 Å². The van der Waals surface area contributed by atoms with Crippen LogP contribution < -0.4 is 19.7 Å². The molecule has 0 spiro atoms. The number of alkyl halides is 3. The van der Waals surface area contributed by atoms with Crippen molar-refractivity contribution in [1.29, 1.82) is 0 Å². The number of ether oxygens (including phenoxy) is 2. The first kappa shape index (κ1) is 25.1. The van der Waals surface area contributed by atoms with Gasteiger partial charge in [-0.1, -0.05) is 42.5 Å². The minimum absolute atomic E-state index is 0.138. The maximum atomic E-state index is 12.3. The zero-order chi connectivity index (χ0) is 25.7. The van der Waals surface area contributed by atoms with Crippen molar-refractivity contribution in [3.63, 3.8) is 0 Å². The van der Waals surface area contributed by atoms with E-state index in [2.05, 4.69) is 20.0 Å². The summed E-state index contributed by atoms with van der Waals surface area (Å²) in [5.41, 5.74) is 1.77. The van der Waals surface area contributed by atoms with Gasteiger partial charge in [0.05, 0.1) is 13.0 Å². The minimum Gasteiger partial charge on any atom is -0.481 e. The van der Waals surface area contributed by atoms with E-state index in [9.17, 15) is 23.1 Å². The number of nitrogens with one attached hydrogen (secondary N) is 1. The number of benzene rings is 2. The van der Waals surface area contributed by atoms with Crippen molar-refractivity contribution in [2.24, 2.45) is 5.92 Å². The highest BCUT2D eigenvalue weighted by Crippen LogP contribution is 2.36. The lowest BCUT2D eigenvalue weighted by Gasteiger charge is -2.19. The number of carboxylic acid groups (broad SMARTS) is 1. The lowest BCUT2D eigenvalue weighted by Crippen LogP contribution is -2.24. The molecule has 3 aromatic rings. The molecule has 190 valence electrons. The van der Waals surface area contributed by atoms with Crippen molar-refractivity contribution in [3.8, 4) is 11.8 Å². The molecule has 2 heterocycles. The average molecular weight is 502 g/mol. The Morgan fingerprint density at radius 3 is 2.47 bits per heavy atom. The van der Waals surface area contributed by atoms with Gasteiger partial charge in [0.1, 0.15) is 17.4 Å². The van der Waals surface area contributed by atoms with Crippen LogP contribution in [-0.4, -0.2) is 54.2 Å². The number of hydrogen-bond acceptors (Lipinski definition) is 7. The first-order chi connectivity index (χ1) is 17.2. The van der Waals surface area contributed by atoms with E-state index < -0.39 is 18.2 Å². The number of hydrogen-bond donors (Lipinski definition) is 2. The summed E-state index contributed by atoms with van der Waals surface area (Å²) < 4.78 is 46.1. The summed E-state index contributed by atoms with van der Waals surface area (Å²) in [4.78, 5) is 22.6. The van der Waals surface area contributed by atoms with Crippen LogP contribution in [0.4, 0.5) is 24.8 Å². The van der Waals surface area contributed by atoms with E-state index in [1.807, 2.05) is 35.2 Å². The molecule has 1 aliphatic rings. The smallest absolute Gasteiger partial charge is 0.481 e. The number of carboxylic acids is 1. The first-order valence-electron chi connectivity index (χ1n) is 11.3. The molecular formula is C25H25F3N4O4. The maximum absolute atomic E-state index is 12.3. The minimum atomic E-state index is -4.73. The maximum Gasteiger partial charge on any atom is 0.573 e. The van der Waals surface area contributed by atoms with Crippen molar-refractivity contribution >= 4 is 17.6 Å². The normalized spacial score (nSPS) is 17.6. The van der Waals surface area contributed by atoms with Gasteiger partial charge in [-0.3, -0.25) is 4.79 Å². The molecule has 1 fully saturated rings. The van der Waals surface area contributed by atoms with Gasteiger partial charge in [-0.2, -0.15) is 9.97 Å². The van der Waals surface area contributed by atoms with Gasteiger partial charge in [0, 0.05) is 31.6 Å². The monoisotopic (exact) mass is 502 g/mol. The standard InChI is InChI=1S/C25H25F3N4O4/c1-35-24-30-21(29-12-11-16-7-9-18(10-8-16)36-25(26,27)28)13-22(31-24)32-14-19(20(15-32)23(33)34)17-5-3-2-4-6-17/h2-10,13,19-20H,11-12,14-15H2,1H3,(H,33,34)(H,29,30,31). The fourth-order valence-corrected chi connectivity index (χ4v) is 4.23. The highest BCUT2D eigenvalue weighted by atomic mass is 19.4. The Morgan fingerprint density at radius 2 is 1.83 bits per heavy atom. The van der Waals surface area contributed by atoms with E-state index in [0.717, 1.165) is 11.1 Å². The summed E-state index contributed by atoms with van der Waals surface area (Å²) in [7, 11) is 1.45. The molecule has 36 heavy (non-hydrogen) atoms. The van der Waals surface area contributed by atoms with Crippen LogP contribution in [0, 0.1) is 5.92 Å². The van der Waals surface area contributed by atoms with Crippen molar-refractivity contribution in [1.82, 2.24) is 9.97 Å². The van der Waals surface area contributed by atoms with Gasteiger partial charge < -0.3 is 24.8 Å². The molecule has 2 N–H and O–H groups in total. The van der Waals surface area contributed by atoms with Gasteiger partial charge in [0.15, 0.2) is 0 Å². The zero-order valence-electron chi connectivity index (χ0n) is 19.4. The molecular weight excluding hydrogens is 477 g/mol. The lowest BCUT2D eigenvalue weighted by molar-refractivity contribution is -0.274. The number of rotatable bonds is 9. The molecule has 8 nitrogen and oxygen atoms in total. The van der Waals surface area contributed by atoms with Crippen LogP contribution in [0.1, 0.15) is 17.0 Å². The third kappa shape index (κ3) is 6.35. The van der Waals surface area contributed by atoms with Gasteiger partial charge in [-0.05, 0) is 29.7 Å². The molecule has 0 saturated carbocycles. The molecule has 0 amide bonds. The van der Waals surface area contributed by atoms with Gasteiger partial charge in [-0.25, -0.2) is 0 Å². The molecule has 11 heteroatoms. The average Bonchev–Trinajstić information content (AvgIpc) is 3.31. The summed E-state index contributed by atoms with van der Waals surface area (Å²) in [5.74, 6) is -0.883. The van der Waals surface area contributed by atoms with Crippen LogP contribution in [0.15, 0.2) is 60.7 Å². The van der Waals surface area contributed by atoms with E-state index in [-0.39, 0.29) is 17.7 Å². The Hall–Kier alpha value is -4.02. The van der Waals surface area contributed by atoms with E-state index in [1.165, 1.54) is 19.2 Å². The third-order valence-electron chi connectivity index (χ3n) is 5.94. The SMILES string of the molecule is COc1nc(NCCc2ccc(OC(F)(F)F)cc2)cc(N2CC(C(=O)O)C(c3ccccc3)C2)n1. The van der Waals surface area contributed by atoms with Crippen LogP contribution in [-0.2, 0) is 11.2 Å². The number of carbonyl (C=O) groups is 1.